The lowest BCUT2D eigenvalue weighted by Crippen LogP contribution is -2.35. The predicted molar refractivity (Wildman–Crippen MR) is 112 cm³/mol. The van der Waals surface area contributed by atoms with E-state index < -0.39 is 0 Å². The molecule has 0 aliphatic carbocycles. The van der Waals surface area contributed by atoms with Gasteiger partial charge in [0, 0.05) is 5.02 Å². The van der Waals surface area contributed by atoms with Gasteiger partial charge in [-0.2, -0.15) is 5.10 Å². The lowest BCUT2D eigenvalue weighted by atomic mass is 9.85. The average molecular weight is 377 g/mol. The van der Waals surface area contributed by atoms with Gasteiger partial charge in [-0.1, -0.05) is 71.8 Å². The summed E-state index contributed by atoms with van der Waals surface area (Å²) in [5.41, 5.74) is 5.29. The van der Waals surface area contributed by atoms with E-state index in [0.717, 1.165) is 22.5 Å². The normalized spacial score (nSPS) is 19.2. The third kappa shape index (κ3) is 3.48. The topological polar surface area (TPSA) is 35.8 Å². The summed E-state index contributed by atoms with van der Waals surface area (Å²) in [6.45, 7) is 2.08. The molecule has 0 saturated carbocycles. The zero-order chi connectivity index (χ0) is 18.8. The summed E-state index contributed by atoms with van der Waals surface area (Å²) in [4.78, 5) is 0. The monoisotopic (exact) mass is 376 g/mol. The standard InChI is InChI=1S/C23H21ClN2O/c1-16-6-5-7-18(14-16)23-22(17-10-12-19(24)13-11-17)21(15-27)26(25-23)20-8-3-2-4-9-20/h2-14,21-22,27H,15H2,1H3/t21-,22+/m1/s1. The van der Waals surface area contributed by atoms with E-state index in [1.54, 1.807) is 0 Å². The quantitative estimate of drug-likeness (QED) is 0.694. The highest BCUT2D eigenvalue weighted by molar-refractivity contribution is 6.30. The van der Waals surface area contributed by atoms with Gasteiger partial charge >= 0.3 is 0 Å². The molecule has 2 atom stereocenters. The van der Waals surface area contributed by atoms with Gasteiger partial charge in [-0.3, -0.25) is 5.01 Å². The minimum atomic E-state index is -0.177. The number of nitrogens with zero attached hydrogens (tertiary/aromatic N) is 2. The van der Waals surface area contributed by atoms with Crippen LogP contribution in [0, 0.1) is 6.92 Å². The number of aliphatic hydroxyl groups excluding tert-OH is 1. The number of hydrogen-bond donors (Lipinski definition) is 1. The Hall–Kier alpha value is -2.62. The first-order chi connectivity index (χ1) is 13.2. The van der Waals surface area contributed by atoms with E-state index in [9.17, 15) is 5.11 Å². The molecule has 1 N–H and O–H groups in total. The molecule has 4 heteroatoms. The Kier molecular flexibility index (Phi) is 4.97. The molecule has 136 valence electrons. The number of rotatable bonds is 4. The molecule has 3 nitrogen and oxygen atoms in total. The Balaban J connectivity index is 1.85. The zero-order valence-corrected chi connectivity index (χ0v) is 15.8. The summed E-state index contributed by atoms with van der Waals surface area (Å²) < 4.78 is 0. The molecule has 27 heavy (non-hydrogen) atoms. The molecule has 1 aliphatic rings. The number of hydrogen-bond acceptors (Lipinski definition) is 3. The van der Waals surface area contributed by atoms with Crippen molar-refractivity contribution >= 4 is 23.0 Å². The van der Waals surface area contributed by atoms with E-state index in [1.807, 2.05) is 65.7 Å². The molecule has 0 fully saturated rings. The van der Waals surface area contributed by atoms with Crippen LogP contribution in [0.1, 0.15) is 22.6 Å². The highest BCUT2D eigenvalue weighted by Gasteiger charge is 2.39. The summed E-state index contributed by atoms with van der Waals surface area (Å²) in [5, 5.41) is 17.9. The van der Waals surface area contributed by atoms with Crippen molar-refractivity contribution in [1.29, 1.82) is 0 Å². The van der Waals surface area contributed by atoms with Crippen LogP contribution in [0.5, 0.6) is 0 Å². The van der Waals surface area contributed by atoms with Gasteiger partial charge in [0.05, 0.1) is 30.0 Å². The molecule has 0 saturated heterocycles. The van der Waals surface area contributed by atoms with Crippen LogP contribution in [0.2, 0.25) is 5.02 Å². The highest BCUT2D eigenvalue weighted by atomic mass is 35.5. The number of anilines is 1. The first kappa shape index (κ1) is 17.8. The number of aryl methyl sites for hydroxylation is 1. The highest BCUT2D eigenvalue weighted by Crippen LogP contribution is 2.37. The van der Waals surface area contributed by atoms with E-state index in [0.29, 0.717) is 5.02 Å². The van der Waals surface area contributed by atoms with Gasteiger partial charge in [-0.05, 0) is 42.3 Å². The van der Waals surface area contributed by atoms with Crippen molar-refractivity contribution in [3.8, 4) is 0 Å². The Bertz CT molecular complexity index is 954. The summed E-state index contributed by atoms with van der Waals surface area (Å²) in [7, 11) is 0. The Morgan fingerprint density at radius 1 is 0.963 bits per heavy atom. The average Bonchev–Trinajstić information content (AvgIpc) is 3.09. The molecule has 0 aromatic heterocycles. The molecule has 0 radical (unpaired) electrons. The van der Waals surface area contributed by atoms with Gasteiger partial charge in [0.1, 0.15) is 0 Å². The van der Waals surface area contributed by atoms with Crippen LogP contribution in [-0.2, 0) is 0 Å². The van der Waals surface area contributed by atoms with Crippen molar-refractivity contribution in [2.75, 3.05) is 11.6 Å². The molecule has 1 heterocycles. The minimum Gasteiger partial charge on any atom is -0.394 e. The second kappa shape index (κ2) is 7.55. The van der Waals surface area contributed by atoms with E-state index in [4.69, 9.17) is 16.7 Å². The van der Waals surface area contributed by atoms with Crippen LogP contribution < -0.4 is 5.01 Å². The lowest BCUT2D eigenvalue weighted by Gasteiger charge is -2.26. The van der Waals surface area contributed by atoms with Crippen LogP contribution >= 0.6 is 11.6 Å². The third-order valence-corrected chi connectivity index (χ3v) is 5.21. The molecule has 4 rings (SSSR count). The fraction of sp³-hybridized carbons (Fsp3) is 0.174. The summed E-state index contributed by atoms with van der Waals surface area (Å²) >= 11 is 6.10. The van der Waals surface area contributed by atoms with Crippen molar-refractivity contribution in [2.24, 2.45) is 5.10 Å². The summed E-state index contributed by atoms with van der Waals surface area (Å²) in [6.07, 6.45) is 0. The molecule has 0 amide bonds. The number of hydrazone groups is 1. The van der Waals surface area contributed by atoms with Crippen LogP contribution in [0.25, 0.3) is 0 Å². The molecule has 1 aliphatic heterocycles. The minimum absolute atomic E-state index is 0.000995. The van der Waals surface area contributed by atoms with Crippen molar-refractivity contribution in [2.45, 2.75) is 18.9 Å². The SMILES string of the molecule is Cc1cccc(C2=NN(c3ccccc3)[C@H](CO)[C@@H]2c2ccc(Cl)cc2)c1. The summed E-state index contributed by atoms with van der Waals surface area (Å²) in [5.74, 6) is -0.0470. The number of para-hydroxylation sites is 1. The van der Waals surface area contributed by atoms with Crippen LogP contribution in [0.3, 0.4) is 0 Å². The Morgan fingerprint density at radius 2 is 1.70 bits per heavy atom. The largest absolute Gasteiger partial charge is 0.394 e. The Labute approximate surface area is 164 Å². The molecule has 0 bridgehead atoms. The zero-order valence-electron chi connectivity index (χ0n) is 15.1. The van der Waals surface area contributed by atoms with Crippen LogP contribution in [0.15, 0.2) is 84.0 Å². The Morgan fingerprint density at radius 3 is 2.37 bits per heavy atom. The molecule has 0 spiro atoms. The molecular weight excluding hydrogens is 356 g/mol. The number of benzene rings is 3. The maximum Gasteiger partial charge on any atom is 0.0881 e. The maximum absolute atomic E-state index is 10.3. The van der Waals surface area contributed by atoms with Crippen LogP contribution in [0.4, 0.5) is 5.69 Å². The van der Waals surface area contributed by atoms with Crippen LogP contribution in [-0.4, -0.2) is 23.5 Å². The van der Waals surface area contributed by atoms with Gasteiger partial charge < -0.3 is 5.11 Å². The predicted octanol–water partition coefficient (Wildman–Crippen LogP) is 5.02. The number of halogens is 1. The first-order valence-corrected chi connectivity index (χ1v) is 9.41. The second-order valence-corrected chi connectivity index (χ2v) is 7.25. The van der Waals surface area contributed by atoms with Gasteiger partial charge in [0.2, 0.25) is 0 Å². The van der Waals surface area contributed by atoms with Gasteiger partial charge in [0.15, 0.2) is 0 Å². The molecule has 3 aromatic rings. The molecule has 0 unspecified atom stereocenters. The van der Waals surface area contributed by atoms with E-state index in [-0.39, 0.29) is 18.6 Å². The van der Waals surface area contributed by atoms with Gasteiger partial charge in [-0.25, -0.2) is 0 Å². The van der Waals surface area contributed by atoms with Crippen molar-refractivity contribution in [3.05, 3.63) is 101 Å². The van der Waals surface area contributed by atoms with Crippen molar-refractivity contribution in [1.82, 2.24) is 0 Å². The van der Waals surface area contributed by atoms with Crippen molar-refractivity contribution < 1.29 is 5.11 Å². The smallest absolute Gasteiger partial charge is 0.0881 e. The molecular formula is C23H21ClN2O. The van der Waals surface area contributed by atoms with E-state index in [2.05, 4.69) is 25.1 Å². The fourth-order valence-electron chi connectivity index (χ4n) is 3.68. The third-order valence-electron chi connectivity index (χ3n) is 4.96. The van der Waals surface area contributed by atoms with E-state index in [1.165, 1.54) is 5.56 Å². The van der Waals surface area contributed by atoms with Crippen molar-refractivity contribution in [3.63, 3.8) is 0 Å². The number of aliphatic hydroxyl groups is 1. The summed E-state index contributed by atoms with van der Waals surface area (Å²) in [6, 6.07) is 26.0. The van der Waals surface area contributed by atoms with Gasteiger partial charge in [-0.15, -0.1) is 0 Å². The van der Waals surface area contributed by atoms with E-state index >= 15 is 0 Å². The first-order valence-electron chi connectivity index (χ1n) is 9.03. The fourth-order valence-corrected chi connectivity index (χ4v) is 3.81. The molecule has 3 aromatic carbocycles. The second-order valence-electron chi connectivity index (χ2n) is 6.81. The maximum atomic E-state index is 10.3. The lowest BCUT2D eigenvalue weighted by molar-refractivity contribution is 0.259. The van der Waals surface area contributed by atoms with Gasteiger partial charge in [0.25, 0.3) is 0 Å².